The molecule has 0 aliphatic heterocycles. The van der Waals surface area contributed by atoms with Gasteiger partial charge in [-0.05, 0) is 37.3 Å². The third-order valence-electron chi connectivity index (χ3n) is 4.55. The second-order valence-electron chi connectivity index (χ2n) is 7.02. The second kappa shape index (κ2) is 9.47. The summed E-state index contributed by atoms with van der Waals surface area (Å²) >= 11 is 0. The van der Waals surface area contributed by atoms with Gasteiger partial charge in [-0.1, -0.05) is 28.9 Å². The molecule has 9 nitrogen and oxygen atoms in total. The minimum atomic E-state index is -1.79. The fourth-order valence-electron chi connectivity index (χ4n) is 2.87. The monoisotopic (exact) mass is 446 g/mol. The van der Waals surface area contributed by atoms with Gasteiger partial charge in [0, 0.05) is 22.7 Å². The normalized spacial score (nSPS) is 11.7. The van der Waals surface area contributed by atoms with E-state index >= 15 is 0 Å². The molecule has 0 fully saturated rings. The maximum Gasteiger partial charge on any atom is 0.229 e. The molecule has 0 spiro atoms. The van der Waals surface area contributed by atoms with Crippen LogP contribution in [0.15, 0.2) is 59.8 Å². The van der Waals surface area contributed by atoms with Gasteiger partial charge in [-0.3, -0.25) is 5.10 Å². The molecule has 0 saturated heterocycles. The van der Waals surface area contributed by atoms with Crippen LogP contribution in [-0.4, -0.2) is 37.9 Å². The lowest BCUT2D eigenvalue weighted by molar-refractivity contribution is 0.281. The van der Waals surface area contributed by atoms with Crippen LogP contribution in [0.25, 0.3) is 10.9 Å². The average molecular weight is 447 g/mol. The summed E-state index contributed by atoms with van der Waals surface area (Å²) in [5.41, 5.74) is 2.99. The first-order valence-corrected chi connectivity index (χ1v) is 10.9. The van der Waals surface area contributed by atoms with Crippen LogP contribution in [0.5, 0.6) is 0 Å². The van der Waals surface area contributed by atoms with Gasteiger partial charge in [-0.2, -0.15) is 20.7 Å². The molecule has 0 saturated carbocycles. The topological polar surface area (TPSA) is 140 Å². The van der Waals surface area contributed by atoms with E-state index in [-0.39, 0.29) is 12.6 Å². The number of nitrogens with one attached hydrogen (secondary N) is 4. The zero-order valence-electron chi connectivity index (χ0n) is 17.1. The number of anilines is 3. The smallest absolute Gasteiger partial charge is 0.229 e. The van der Waals surface area contributed by atoms with E-state index in [9.17, 15) is 9.32 Å². The molecule has 4 rings (SSSR count). The highest BCUT2D eigenvalue weighted by Crippen LogP contribution is 2.19. The van der Waals surface area contributed by atoms with Crippen molar-refractivity contribution in [1.29, 1.82) is 4.78 Å². The van der Waals surface area contributed by atoms with Gasteiger partial charge in [0.1, 0.15) is 5.82 Å². The highest BCUT2D eigenvalue weighted by Gasteiger charge is 2.09. The Bertz CT molecular complexity index is 1380. The van der Waals surface area contributed by atoms with Gasteiger partial charge in [0.25, 0.3) is 0 Å². The first kappa shape index (κ1) is 21.3. The van der Waals surface area contributed by atoms with Crippen LogP contribution < -0.4 is 10.6 Å². The number of nitrogens with zero attached hydrogens (tertiary/aromatic N) is 3. The van der Waals surface area contributed by atoms with Gasteiger partial charge in [0.05, 0.1) is 30.1 Å². The van der Waals surface area contributed by atoms with Gasteiger partial charge in [-0.25, -0.2) is 4.98 Å². The molecule has 0 radical (unpaired) electrons. The molecular weight excluding hydrogens is 426 g/mol. The minimum absolute atomic E-state index is 0.0676. The van der Waals surface area contributed by atoms with Crippen molar-refractivity contribution < 1.29 is 9.32 Å². The summed E-state index contributed by atoms with van der Waals surface area (Å²) in [6.07, 6.45) is 3.36. The van der Waals surface area contributed by atoms with Crippen molar-refractivity contribution in [3.8, 4) is 11.8 Å². The summed E-state index contributed by atoms with van der Waals surface area (Å²) in [6, 6.07) is 12.2. The van der Waals surface area contributed by atoms with Gasteiger partial charge in [-0.15, -0.1) is 0 Å². The molecule has 2 heterocycles. The Hall–Kier alpha value is -3.94. The number of benzene rings is 2. The van der Waals surface area contributed by atoms with E-state index in [2.05, 4.69) is 42.6 Å². The lowest BCUT2D eigenvalue weighted by atomic mass is 10.1. The summed E-state index contributed by atoms with van der Waals surface area (Å²) in [6.45, 7) is 1.76. The van der Waals surface area contributed by atoms with Gasteiger partial charge >= 0.3 is 0 Å². The summed E-state index contributed by atoms with van der Waals surface area (Å²) in [5, 5.41) is 23.6. The molecule has 0 aliphatic rings. The Morgan fingerprint density at radius 3 is 2.75 bits per heavy atom. The predicted molar refractivity (Wildman–Crippen MR) is 123 cm³/mol. The second-order valence-corrected chi connectivity index (χ2v) is 8.03. The van der Waals surface area contributed by atoms with Crippen molar-refractivity contribution in [2.45, 2.75) is 17.9 Å². The fraction of sp³-hybridized carbons (Fsp3) is 0.136. The van der Waals surface area contributed by atoms with Crippen molar-refractivity contribution in [3.63, 3.8) is 0 Å². The lowest BCUT2D eigenvalue weighted by Gasteiger charge is -2.14. The van der Waals surface area contributed by atoms with Crippen LogP contribution in [0, 0.1) is 16.6 Å². The first-order valence-electron chi connectivity index (χ1n) is 9.71. The van der Waals surface area contributed by atoms with Crippen LogP contribution >= 0.6 is 0 Å². The largest absolute Gasteiger partial charge is 0.440 e. The molecule has 0 unspecified atom stereocenters. The molecule has 0 aliphatic carbocycles. The standard InChI is InChI=1S/C22H20N7O2S/c1-14(13-30)26-21-17(5-3-15-2-4-16-12-25-29-20(16)10-15)11-24-22(28-21)27-18-6-8-19(9-7-18)32(23)31/h2,4,6-12,14,23,30H,13H2,1H3,(H,25,29)(H2,24,26,27,28)/q-1/t14-/m1/s1. The van der Waals surface area contributed by atoms with Crippen LogP contribution in [0.1, 0.15) is 18.1 Å². The number of hydrogen-bond acceptors (Lipinski definition) is 9. The van der Waals surface area contributed by atoms with Crippen LogP contribution in [0.3, 0.4) is 0 Å². The Morgan fingerprint density at radius 1 is 1.19 bits per heavy atom. The van der Waals surface area contributed by atoms with Gasteiger partial charge in [0.15, 0.2) is 0 Å². The number of aromatic amines is 1. The molecule has 162 valence electrons. The van der Waals surface area contributed by atoms with Crippen LogP contribution in [0.2, 0.25) is 0 Å². The molecular formula is C22H20N7O2S-. The Labute approximate surface area is 186 Å². The zero-order valence-corrected chi connectivity index (χ0v) is 17.9. The molecule has 0 bridgehead atoms. The molecule has 5 N–H and O–H groups in total. The SMILES string of the molecule is C[C@H](CO)Nc1nc(Nc2ccc([S-](=N)=O)cc2)ncc1C#Cc1ccc2cn[nH]c2c1. The molecule has 4 aromatic rings. The van der Waals surface area contributed by atoms with Crippen molar-refractivity contribution in [1.82, 2.24) is 20.2 Å². The first-order chi connectivity index (χ1) is 15.5. The minimum Gasteiger partial charge on any atom is -0.440 e. The number of aliphatic hydroxyl groups excluding tert-OH is 1. The van der Waals surface area contributed by atoms with E-state index in [1.807, 2.05) is 25.1 Å². The highest BCUT2D eigenvalue weighted by atomic mass is 32.2. The Morgan fingerprint density at radius 2 is 2.00 bits per heavy atom. The van der Waals surface area contributed by atoms with E-state index in [1.165, 1.54) is 0 Å². The summed E-state index contributed by atoms with van der Waals surface area (Å²) in [7, 11) is -1.79. The highest BCUT2D eigenvalue weighted by molar-refractivity contribution is 7.73. The van der Waals surface area contributed by atoms with E-state index in [4.69, 9.17) is 4.78 Å². The maximum absolute atomic E-state index is 11.2. The zero-order chi connectivity index (χ0) is 22.5. The summed E-state index contributed by atoms with van der Waals surface area (Å²) in [4.78, 5) is 9.26. The molecule has 32 heavy (non-hydrogen) atoms. The molecule has 1 atom stereocenters. The number of H-pyrrole nitrogens is 1. The maximum atomic E-state index is 11.2. The predicted octanol–water partition coefficient (Wildman–Crippen LogP) is 3.37. The summed E-state index contributed by atoms with van der Waals surface area (Å²) < 4.78 is 18.5. The van der Waals surface area contributed by atoms with E-state index < -0.39 is 10.6 Å². The summed E-state index contributed by atoms with van der Waals surface area (Å²) in [5.74, 6) is 7.03. The lowest BCUT2D eigenvalue weighted by Crippen LogP contribution is -2.21. The number of aliphatic hydroxyl groups is 1. The third-order valence-corrected chi connectivity index (χ3v) is 5.25. The molecule has 2 aromatic carbocycles. The Kier molecular flexibility index (Phi) is 6.30. The number of fused-ring (bicyclic) bond motifs is 1. The van der Waals surface area contributed by atoms with Crippen molar-refractivity contribution >= 4 is 39.0 Å². The average Bonchev–Trinajstić information content (AvgIpc) is 3.27. The van der Waals surface area contributed by atoms with Gasteiger partial charge in [0.2, 0.25) is 5.95 Å². The number of aromatic nitrogens is 4. The van der Waals surface area contributed by atoms with E-state index in [1.54, 1.807) is 36.7 Å². The van der Waals surface area contributed by atoms with Crippen LogP contribution in [-0.2, 0) is 14.8 Å². The van der Waals surface area contributed by atoms with Crippen molar-refractivity contribution in [2.24, 2.45) is 0 Å². The number of rotatable bonds is 6. The van der Waals surface area contributed by atoms with Crippen molar-refractivity contribution in [2.75, 3.05) is 17.2 Å². The van der Waals surface area contributed by atoms with Crippen LogP contribution in [0.4, 0.5) is 17.5 Å². The fourth-order valence-corrected chi connectivity index (χ4v) is 3.25. The van der Waals surface area contributed by atoms with Gasteiger partial charge < -0.3 is 24.7 Å². The molecule has 10 heteroatoms. The Balaban J connectivity index is 1.62. The number of hydrogen-bond donors (Lipinski definition) is 5. The van der Waals surface area contributed by atoms with Crippen molar-refractivity contribution in [3.05, 3.63) is 66.0 Å². The van der Waals surface area contributed by atoms with E-state index in [0.717, 1.165) is 16.5 Å². The third kappa shape index (κ3) is 5.03. The molecule has 0 amide bonds. The quantitative estimate of drug-likeness (QED) is 0.226. The van der Waals surface area contributed by atoms with E-state index in [0.29, 0.717) is 27.9 Å². The molecule has 2 aromatic heterocycles.